The number of benzene rings is 1. The summed E-state index contributed by atoms with van der Waals surface area (Å²) in [4.78, 5) is 4.16. The minimum atomic E-state index is 0.543. The van der Waals surface area contributed by atoms with Gasteiger partial charge in [0.25, 0.3) is 0 Å². The smallest absolute Gasteiger partial charge is 0.0346 e. The zero-order valence-corrected chi connectivity index (χ0v) is 11.1. The van der Waals surface area contributed by atoms with Crippen molar-refractivity contribution < 1.29 is 0 Å². The van der Waals surface area contributed by atoms with Crippen LogP contribution in [0.1, 0.15) is 39.2 Å². The maximum absolute atomic E-state index is 4.16. The van der Waals surface area contributed by atoms with Crippen LogP contribution in [0.3, 0.4) is 0 Å². The largest absolute Gasteiger partial charge is 0.264 e. The van der Waals surface area contributed by atoms with Gasteiger partial charge in [-0.25, -0.2) is 0 Å². The summed E-state index contributed by atoms with van der Waals surface area (Å²) in [5.41, 5.74) is 3.87. The predicted molar refractivity (Wildman–Crippen MR) is 75.1 cm³/mol. The number of pyridine rings is 1. The molecule has 0 fully saturated rings. The topological polar surface area (TPSA) is 12.9 Å². The number of hydrogen-bond acceptors (Lipinski definition) is 1. The van der Waals surface area contributed by atoms with Gasteiger partial charge in [0, 0.05) is 18.0 Å². The monoisotopic (exact) mass is 227 g/mol. The van der Waals surface area contributed by atoms with Crippen LogP contribution in [-0.4, -0.2) is 4.98 Å². The van der Waals surface area contributed by atoms with E-state index >= 15 is 0 Å². The quantitative estimate of drug-likeness (QED) is 0.711. The van der Waals surface area contributed by atoms with E-state index in [2.05, 4.69) is 49.2 Å². The highest BCUT2D eigenvalue weighted by Crippen LogP contribution is 2.27. The van der Waals surface area contributed by atoms with Crippen LogP contribution >= 0.6 is 0 Å². The van der Waals surface area contributed by atoms with Gasteiger partial charge in [0.2, 0.25) is 0 Å². The molecule has 1 heterocycles. The van der Waals surface area contributed by atoms with E-state index in [9.17, 15) is 0 Å². The summed E-state index contributed by atoms with van der Waals surface area (Å²) in [5.74, 6) is 0.543. The molecule has 0 bridgehead atoms. The molecule has 90 valence electrons. The second-order valence-electron chi connectivity index (χ2n) is 3.98. The Labute approximate surface area is 105 Å². The zero-order valence-electron chi connectivity index (χ0n) is 11.1. The Kier molecular flexibility index (Phi) is 5.41. The molecule has 1 aromatic carbocycles. The van der Waals surface area contributed by atoms with Crippen molar-refractivity contribution in [3.8, 4) is 11.1 Å². The molecule has 0 N–H and O–H groups in total. The Morgan fingerprint density at radius 2 is 1.65 bits per heavy atom. The summed E-state index contributed by atoms with van der Waals surface area (Å²) in [6.45, 7) is 8.43. The highest BCUT2D eigenvalue weighted by Gasteiger charge is 2.06. The molecule has 2 rings (SSSR count). The summed E-state index contributed by atoms with van der Waals surface area (Å²) in [7, 11) is 0. The maximum Gasteiger partial charge on any atom is 0.0346 e. The first kappa shape index (κ1) is 13.4. The Morgan fingerprint density at radius 1 is 0.941 bits per heavy atom. The molecule has 0 spiro atoms. The van der Waals surface area contributed by atoms with Crippen molar-refractivity contribution in [2.24, 2.45) is 0 Å². The van der Waals surface area contributed by atoms with Gasteiger partial charge in [-0.3, -0.25) is 4.98 Å². The first-order chi connectivity index (χ1) is 8.29. The van der Waals surface area contributed by atoms with Crippen molar-refractivity contribution in [2.75, 3.05) is 0 Å². The average molecular weight is 227 g/mol. The normalized spacial score (nSPS) is 9.71. The fraction of sp³-hybridized carbons (Fsp3) is 0.312. The van der Waals surface area contributed by atoms with E-state index in [1.165, 1.54) is 16.7 Å². The van der Waals surface area contributed by atoms with E-state index in [0.717, 1.165) is 0 Å². The van der Waals surface area contributed by atoms with Crippen LogP contribution in [0.5, 0.6) is 0 Å². The second kappa shape index (κ2) is 6.85. The standard InChI is InChI=1S/C14H15N.C2H6/c1-11(2)13-7-3-4-8-14(13)12-6-5-9-15-10-12;1-2/h3-11H,1-2H3;1-2H3. The van der Waals surface area contributed by atoms with Crippen molar-refractivity contribution >= 4 is 0 Å². The van der Waals surface area contributed by atoms with Gasteiger partial charge < -0.3 is 0 Å². The third-order valence-electron chi connectivity index (χ3n) is 2.56. The highest BCUT2D eigenvalue weighted by molar-refractivity contribution is 5.66. The Hall–Kier alpha value is -1.63. The molecule has 1 aromatic heterocycles. The Morgan fingerprint density at radius 3 is 2.24 bits per heavy atom. The van der Waals surface area contributed by atoms with E-state index in [1.807, 2.05) is 32.3 Å². The van der Waals surface area contributed by atoms with Gasteiger partial charge in [-0.05, 0) is 23.1 Å². The lowest BCUT2D eigenvalue weighted by molar-refractivity contribution is 0.869. The molecule has 0 atom stereocenters. The maximum atomic E-state index is 4.16. The van der Waals surface area contributed by atoms with Crippen molar-refractivity contribution in [2.45, 2.75) is 33.6 Å². The van der Waals surface area contributed by atoms with Gasteiger partial charge in [-0.2, -0.15) is 0 Å². The fourth-order valence-electron chi connectivity index (χ4n) is 1.79. The van der Waals surface area contributed by atoms with Crippen molar-refractivity contribution in [3.05, 3.63) is 54.4 Å². The first-order valence-corrected chi connectivity index (χ1v) is 6.28. The molecule has 0 aliphatic carbocycles. The molecule has 0 aliphatic rings. The summed E-state index contributed by atoms with van der Waals surface area (Å²) < 4.78 is 0. The van der Waals surface area contributed by atoms with E-state index in [0.29, 0.717) is 5.92 Å². The molecule has 0 aliphatic heterocycles. The molecular weight excluding hydrogens is 206 g/mol. The first-order valence-electron chi connectivity index (χ1n) is 6.28. The van der Waals surface area contributed by atoms with Crippen LogP contribution in [0.2, 0.25) is 0 Å². The molecule has 17 heavy (non-hydrogen) atoms. The zero-order chi connectivity index (χ0) is 12.7. The third kappa shape index (κ3) is 3.42. The van der Waals surface area contributed by atoms with E-state index in [-0.39, 0.29) is 0 Å². The van der Waals surface area contributed by atoms with Crippen LogP contribution in [0.25, 0.3) is 11.1 Å². The van der Waals surface area contributed by atoms with Crippen molar-refractivity contribution in [1.82, 2.24) is 4.98 Å². The minimum Gasteiger partial charge on any atom is -0.264 e. The predicted octanol–water partition coefficient (Wildman–Crippen LogP) is 4.90. The number of aromatic nitrogens is 1. The third-order valence-corrected chi connectivity index (χ3v) is 2.56. The van der Waals surface area contributed by atoms with Crippen LogP contribution in [0, 0.1) is 0 Å². The number of nitrogens with zero attached hydrogens (tertiary/aromatic N) is 1. The van der Waals surface area contributed by atoms with Crippen LogP contribution < -0.4 is 0 Å². The van der Waals surface area contributed by atoms with Crippen LogP contribution in [-0.2, 0) is 0 Å². The fourth-order valence-corrected chi connectivity index (χ4v) is 1.79. The molecule has 1 heteroatoms. The summed E-state index contributed by atoms with van der Waals surface area (Å²) in [6, 6.07) is 12.6. The van der Waals surface area contributed by atoms with E-state index in [1.54, 1.807) is 0 Å². The molecular formula is C16H21N. The number of hydrogen-bond donors (Lipinski definition) is 0. The lowest BCUT2D eigenvalue weighted by Crippen LogP contribution is -1.91. The average Bonchev–Trinajstić information content (AvgIpc) is 2.42. The van der Waals surface area contributed by atoms with Crippen LogP contribution in [0.4, 0.5) is 0 Å². The van der Waals surface area contributed by atoms with Gasteiger partial charge in [0.1, 0.15) is 0 Å². The van der Waals surface area contributed by atoms with Crippen LogP contribution in [0.15, 0.2) is 48.8 Å². The summed E-state index contributed by atoms with van der Waals surface area (Å²) in [5, 5.41) is 0. The minimum absolute atomic E-state index is 0.543. The van der Waals surface area contributed by atoms with Crippen molar-refractivity contribution in [3.63, 3.8) is 0 Å². The molecule has 0 radical (unpaired) electrons. The number of rotatable bonds is 2. The molecule has 0 saturated heterocycles. The molecule has 0 unspecified atom stereocenters. The lowest BCUT2D eigenvalue weighted by Gasteiger charge is -2.12. The molecule has 0 amide bonds. The van der Waals surface area contributed by atoms with Gasteiger partial charge in [-0.1, -0.05) is 58.0 Å². The van der Waals surface area contributed by atoms with Gasteiger partial charge in [0.15, 0.2) is 0 Å². The highest BCUT2D eigenvalue weighted by atomic mass is 14.6. The Balaban J connectivity index is 0.000000686. The summed E-state index contributed by atoms with van der Waals surface area (Å²) in [6.07, 6.45) is 3.72. The van der Waals surface area contributed by atoms with E-state index in [4.69, 9.17) is 0 Å². The second-order valence-corrected chi connectivity index (χ2v) is 3.98. The lowest BCUT2D eigenvalue weighted by atomic mass is 9.93. The SMILES string of the molecule is CC.CC(C)c1ccccc1-c1cccnc1. The van der Waals surface area contributed by atoms with Gasteiger partial charge >= 0.3 is 0 Å². The van der Waals surface area contributed by atoms with Gasteiger partial charge in [-0.15, -0.1) is 0 Å². The summed E-state index contributed by atoms with van der Waals surface area (Å²) >= 11 is 0. The Bertz CT molecular complexity index is 432. The molecule has 0 saturated carbocycles. The van der Waals surface area contributed by atoms with Crippen molar-refractivity contribution in [1.29, 1.82) is 0 Å². The van der Waals surface area contributed by atoms with E-state index < -0.39 is 0 Å². The van der Waals surface area contributed by atoms with Gasteiger partial charge in [0.05, 0.1) is 0 Å². The molecule has 2 aromatic rings. The molecule has 1 nitrogen and oxygen atoms in total.